The average Bonchev–Trinajstić information content (AvgIpc) is 3.10. The van der Waals surface area contributed by atoms with Gasteiger partial charge in [-0.25, -0.2) is 0 Å². The first-order chi connectivity index (χ1) is 7.33. The van der Waals surface area contributed by atoms with E-state index in [1.165, 1.54) is 0 Å². The van der Waals surface area contributed by atoms with Gasteiger partial charge < -0.3 is 14.2 Å². The minimum absolute atomic E-state index is 0.187. The van der Waals surface area contributed by atoms with Crippen LogP contribution in [-0.2, 0) is 4.74 Å². The second-order valence-corrected chi connectivity index (χ2v) is 3.29. The normalized spacial score (nSPS) is 18.3. The number of aldehydes is 1. The monoisotopic (exact) mass is 208 g/mol. The van der Waals surface area contributed by atoms with Gasteiger partial charge in [0, 0.05) is 0 Å². The lowest BCUT2D eigenvalue weighted by Crippen LogP contribution is -2.05. The fourth-order valence-corrected chi connectivity index (χ4v) is 1.22. The molecule has 0 N–H and O–H groups in total. The zero-order valence-electron chi connectivity index (χ0n) is 8.43. The largest absolute Gasteiger partial charge is 0.497 e. The topological polar surface area (TPSA) is 48.1 Å². The molecule has 0 amide bonds. The van der Waals surface area contributed by atoms with Gasteiger partial charge in [-0.2, -0.15) is 0 Å². The molecular formula is C11H12O4. The van der Waals surface area contributed by atoms with Gasteiger partial charge in [0.05, 0.1) is 19.3 Å². The van der Waals surface area contributed by atoms with E-state index in [0.29, 0.717) is 23.7 Å². The number of hydrogen-bond acceptors (Lipinski definition) is 4. The van der Waals surface area contributed by atoms with Crippen molar-refractivity contribution >= 4 is 6.29 Å². The van der Waals surface area contributed by atoms with Crippen molar-refractivity contribution in [1.29, 1.82) is 0 Å². The minimum Gasteiger partial charge on any atom is -0.497 e. The predicted octanol–water partition coefficient (Wildman–Crippen LogP) is 1.29. The molecule has 1 saturated heterocycles. The predicted molar refractivity (Wildman–Crippen MR) is 53.6 cm³/mol. The van der Waals surface area contributed by atoms with Gasteiger partial charge in [0.15, 0.2) is 6.29 Å². The Balaban J connectivity index is 2.09. The maximum Gasteiger partial charge on any atom is 0.153 e. The highest BCUT2D eigenvalue weighted by Crippen LogP contribution is 2.23. The van der Waals surface area contributed by atoms with Crippen molar-refractivity contribution < 1.29 is 19.0 Å². The standard InChI is InChI=1S/C11H12O4/c1-13-9-2-3-11(8(4-9)5-12)15-7-10-6-14-10/h2-5,10H,6-7H2,1H3. The van der Waals surface area contributed by atoms with Crippen LogP contribution in [0.5, 0.6) is 11.5 Å². The average molecular weight is 208 g/mol. The molecular weight excluding hydrogens is 196 g/mol. The summed E-state index contributed by atoms with van der Waals surface area (Å²) >= 11 is 0. The number of epoxide rings is 1. The van der Waals surface area contributed by atoms with E-state index >= 15 is 0 Å². The molecule has 1 aromatic rings. The summed E-state index contributed by atoms with van der Waals surface area (Å²) in [6.45, 7) is 1.24. The second kappa shape index (κ2) is 4.31. The van der Waals surface area contributed by atoms with Gasteiger partial charge >= 0.3 is 0 Å². The van der Waals surface area contributed by atoms with E-state index in [-0.39, 0.29) is 6.10 Å². The molecule has 0 bridgehead atoms. The van der Waals surface area contributed by atoms with E-state index in [2.05, 4.69) is 0 Å². The van der Waals surface area contributed by atoms with Gasteiger partial charge in [-0.15, -0.1) is 0 Å². The van der Waals surface area contributed by atoms with E-state index in [4.69, 9.17) is 14.2 Å². The van der Waals surface area contributed by atoms with Gasteiger partial charge in [-0.1, -0.05) is 0 Å². The molecule has 1 aliphatic rings. The highest BCUT2D eigenvalue weighted by molar-refractivity contribution is 5.80. The van der Waals surface area contributed by atoms with Crippen LogP contribution in [0, 0.1) is 0 Å². The number of benzene rings is 1. The lowest BCUT2D eigenvalue weighted by molar-refractivity contribution is 0.111. The van der Waals surface area contributed by atoms with Crippen molar-refractivity contribution in [2.24, 2.45) is 0 Å². The Hall–Kier alpha value is -1.55. The summed E-state index contributed by atoms with van der Waals surface area (Å²) in [5.41, 5.74) is 0.495. The lowest BCUT2D eigenvalue weighted by Gasteiger charge is -2.08. The van der Waals surface area contributed by atoms with Crippen molar-refractivity contribution in [2.75, 3.05) is 20.3 Å². The van der Waals surface area contributed by atoms with Gasteiger partial charge in [-0.05, 0) is 18.2 Å². The molecule has 1 fully saturated rings. The van der Waals surface area contributed by atoms with E-state index in [0.717, 1.165) is 12.9 Å². The zero-order chi connectivity index (χ0) is 10.7. The van der Waals surface area contributed by atoms with Crippen LogP contribution in [0.4, 0.5) is 0 Å². The smallest absolute Gasteiger partial charge is 0.153 e. The Bertz CT molecular complexity index is 358. The Morgan fingerprint density at radius 3 is 3.00 bits per heavy atom. The molecule has 0 aromatic heterocycles. The third-order valence-corrected chi connectivity index (χ3v) is 2.17. The van der Waals surface area contributed by atoms with Crippen molar-refractivity contribution in [3.63, 3.8) is 0 Å². The fraction of sp³-hybridized carbons (Fsp3) is 0.364. The van der Waals surface area contributed by atoms with Crippen LogP contribution in [0.15, 0.2) is 18.2 Å². The van der Waals surface area contributed by atoms with E-state index in [1.54, 1.807) is 25.3 Å². The first-order valence-corrected chi connectivity index (χ1v) is 4.71. The fourth-order valence-electron chi connectivity index (χ4n) is 1.22. The third kappa shape index (κ3) is 2.47. The Morgan fingerprint density at radius 1 is 1.60 bits per heavy atom. The third-order valence-electron chi connectivity index (χ3n) is 2.17. The molecule has 15 heavy (non-hydrogen) atoms. The molecule has 4 nitrogen and oxygen atoms in total. The van der Waals surface area contributed by atoms with Crippen LogP contribution in [0.1, 0.15) is 10.4 Å². The van der Waals surface area contributed by atoms with E-state index < -0.39 is 0 Å². The van der Waals surface area contributed by atoms with Gasteiger partial charge in [0.1, 0.15) is 24.2 Å². The van der Waals surface area contributed by atoms with Gasteiger partial charge in [0.2, 0.25) is 0 Å². The SMILES string of the molecule is COc1ccc(OCC2CO2)c(C=O)c1. The van der Waals surface area contributed by atoms with Crippen molar-refractivity contribution in [1.82, 2.24) is 0 Å². The van der Waals surface area contributed by atoms with Gasteiger partial charge in [0.25, 0.3) is 0 Å². The minimum atomic E-state index is 0.187. The summed E-state index contributed by atoms with van der Waals surface area (Å²) in [5, 5.41) is 0. The Morgan fingerprint density at radius 2 is 2.40 bits per heavy atom. The first kappa shape index (κ1) is 9.98. The van der Waals surface area contributed by atoms with Crippen LogP contribution in [0.2, 0.25) is 0 Å². The molecule has 0 radical (unpaired) electrons. The molecule has 4 heteroatoms. The number of rotatable bonds is 5. The summed E-state index contributed by atoms with van der Waals surface area (Å²) in [6.07, 6.45) is 0.942. The summed E-state index contributed by atoms with van der Waals surface area (Å²) < 4.78 is 15.5. The number of hydrogen-bond donors (Lipinski definition) is 0. The number of carbonyl (C=O) groups excluding carboxylic acids is 1. The van der Waals surface area contributed by atoms with Gasteiger partial charge in [-0.3, -0.25) is 4.79 Å². The van der Waals surface area contributed by atoms with Crippen LogP contribution in [0.3, 0.4) is 0 Å². The Kier molecular flexibility index (Phi) is 2.87. The first-order valence-electron chi connectivity index (χ1n) is 4.71. The summed E-state index contributed by atoms with van der Waals surface area (Å²) in [5.74, 6) is 1.22. The molecule has 1 aromatic carbocycles. The number of carbonyl (C=O) groups is 1. The quantitative estimate of drug-likeness (QED) is 0.540. The number of methoxy groups -OCH3 is 1. The molecule has 1 aliphatic heterocycles. The maximum atomic E-state index is 10.8. The van der Waals surface area contributed by atoms with Crippen LogP contribution < -0.4 is 9.47 Å². The van der Waals surface area contributed by atoms with Crippen LogP contribution in [0.25, 0.3) is 0 Å². The highest BCUT2D eigenvalue weighted by atomic mass is 16.6. The zero-order valence-corrected chi connectivity index (χ0v) is 8.43. The molecule has 1 heterocycles. The van der Waals surface area contributed by atoms with Crippen molar-refractivity contribution in [2.45, 2.75) is 6.10 Å². The molecule has 0 spiro atoms. The Labute approximate surface area is 87.8 Å². The summed E-state index contributed by atoms with van der Waals surface area (Å²) in [7, 11) is 1.56. The molecule has 0 aliphatic carbocycles. The second-order valence-electron chi connectivity index (χ2n) is 3.29. The van der Waals surface area contributed by atoms with Crippen LogP contribution >= 0.6 is 0 Å². The number of ether oxygens (including phenoxy) is 3. The summed E-state index contributed by atoms with van der Waals surface area (Å²) in [4.78, 5) is 10.8. The highest BCUT2D eigenvalue weighted by Gasteiger charge is 2.23. The van der Waals surface area contributed by atoms with E-state index in [9.17, 15) is 4.79 Å². The molecule has 1 atom stereocenters. The van der Waals surface area contributed by atoms with Crippen LogP contribution in [-0.4, -0.2) is 32.7 Å². The molecule has 0 saturated carbocycles. The van der Waals surface area contributed by atoms with Crippen molar-refractivity contribution in [3.8, 4) is 11.5 Å². The molecule has 80 valence electrons. The summed E-state index contributed by atoms with van der Waals surface area (Å²) in [6, 6.07) is 5.14. The van der Waals surface area contributed by atoms with E-state index in [1.807, 2.05) is 0 Å². The maximum absolute atomic E-state index is 10.8. The van der Waals surface area contributed by atoms with Crippen molar-refractivity contribution in [3.05, 3.63) is 23.8 Å². The molecule has 1 unspecified atom stereocenters. The molecule has 2 rings (SSSR count). The lowest BCUT2D eigenvalue weighted by atomic mass is 10.2.